The highest BCUT2D eigenvalue weighted by Gasteiger charge is 2.12. The van der Waals surface area contributed by atoms with E-state index in [-0.39, 0.29) is 29.2 Å². The topological polar surface area (TPSA) is 66.9 Å². The molecule has 1 fully saturated rings. The van der Waals surface area contributed by atoms with Crippen LogP contribution in [0, 0.1) is 0 Å². The Morgan fingerprint density at radius 1 is 1.20 bits per heavy atom. The van der Waals surface area contributed by atoms with Crippen LogP contribution in [0.4, 0.5) is 5.69 Å². The minimum Gasteiger partial charge on any atom is -0.321 e. The Kier molecular flexibility index (Phi) is 7.62. The van der Waals surface area contributed by atoms with Crippen LogP contribution >= 0.6 is 24.0 Å². The molecule has 3 rings (SSSR count). The number of halogens is 2. The number of hydrogen-bond acceptors (Lipinski definition) is 4. The third-order valence-corrected chi connectivity index (χ3v) is 4.45. The smallest absolute Gasteiger partial charge is 0.275 e. The summed E-state index contributed by atoms with van der Waals surface area (Å²) in [5.74, 6) is -0.293. The minimum absolute atomic E-state index is 0. The van der Waals surface area contributed by atoms with E-state index < -0.39 is 0 Å². The number of benzene rings is 1. The van der Waals surface area contributed by atoms with Gasteiger partial charge in [-0.05, 0) is 49.9 Å². The first-order valence-corrected chi connectivity index (χ1v) is 8.70. The fraction of sp³-hybridized carbons (Fsp3) is 0.389. The number of aromatic nitrogens is 2. The molecule has 0 bridgehead atoms. The predicted octanol–water partition coefficient (Wildman–Crippen LogP) is 3.88. The number of aryl methyl sites for hydroxylation is 1. The second-order valence-electron chi connectivity index (χ2n) is 6.06. The van der Waals surface area contributed by atoms with Gasteiger partial charge in [0, 0.05) is 11.7 Å². The van der Waals surface area contributed by atoms with Crippen molar-refractivity contribution in [1.29, 1.82) is 0 Å². The van der Waals surface area contributed by atoms with Crippen molar-refractivity contribution in [2.24, 2.45) is 0 Å². The first-order chi connectivity index (χ1) is 11.7. The van der Waals surface area contributed by atoms with Gasteiger partial charge in [-0.3, -0.25) is 4.79 Å². The van der Waals surface area contributed by atoms with Gasteiger partial charge < -0.3 is 10.6 Å². The van der Waals surface area contributed by atoms with E-state index in [0.29, 0.717) is 6.04 Å². The lowest BCUT2D eigenvalue weighted by molar-refractivity contribution is 0.102. The van der Waals surface area contributed by atoms with Crippen LogP contribution in [0.25, 0.3) is 0 Å². The van der Waals surface area contributed by atoms with Crippen LogP contribution in [-0.2, 0) is 6.42 Å². The molecule has 1 saturated heterocycles. The minimum atomic E-state index is -0.293. The Bertz CT molecular complexity index is 670. The van der Waals surface area contributed by atoms with Crippen LogP contribution in [0.15, 0.2) is 36.7 Å². The number of amides is 1. The molecule has 5 nitrogen and oxygen atoms in total. The fourth-order valence-electron chi connectivity index (χ4n) is 2.89. The molecule has 1 amide bonds. The van der Waals surface area contributed by atoms with E-state index in [4.69, 9.17) is 11.6 Å². The first kappa shape index (κ1) is 19.6. The summed E-state index contributed by atoms with van der Waals surface area (Å²) in [7, 11) is 0. The molecule has 0 radical (unpaired) electrons. The van der Waals surface area contributed by atoms with Gasteiger partial charge in [0.1, 0.15) is 10.8 Å². The summed E-state index contributed by atoms with van der Waals surface area (Å²) >= 11 is 5.67. The van der Waals surface area contributed by atoms with E-state index in [1.807, 2.05) is 12.1 Å². The van der Waals surface area contributed by atoms with E-state index in [9.17, 15) is 4.79 Å². The number of anilines is 1. The molecule has 25 heavy (non-hydrogen) atoms. The number of nitrogens with one attached hydrogen (secondary N) is 2. The molecule has 2 heterocycles. The third-order valence-electron chi connectivity index (χ3n) is 4.26. The average molecular weight is 381 g/mol. The average Bonchev–Trinajstić information content (AvgIpc) is 2.62. The molecule has 1 unspecified atom stereocenters. The van der Waals surface area contributed by atoms with Gasteiger partial charge in [-0.2, -0.15) is 0 Å². The maximum atomic E-state index is 12.1. The molecular formula is C18H22Cl2N4O. The summed E-state index contributed by atoms with van der Waals surface area (Å²) in [5.41, 5.74) is 2.27. The van der Waals surface area contributed by atoms with Crippen molar-refractivity contribution in [2.45, 2.75) is 38.1 Å². The second-order valence-corrected chi connectivity index (χ2v) is 6.45. The molecule has 0 spiro atoms. The van der Waals surface area contributed by atoms with Gasteiger partial charge in [0.25, 0.3) is 5.91 Å². The molecule has 1 aromatic heterocycles. The van der Waals surface area contributed by atoms with Crippen molar-refractivity contribution in [3.63, 3.8) is 0 Å². The normalized spacial score (nSPS) is 16.8. The first-order valence-electron chi connectivity index (χ1n) is 8.32. The number of nitrogens with zero attached hydrogens (tertiary/aromatic N) is 2. The summed E-state index contributed by atoms with van der Waals surface area (Å²) in [6, 6.07) is 8.61. The second kappa shape index (κ2) is 9.70. The monoisotopic (exact) mass is 380 g/mol. The van der Waals surface area contributed by atoms with Gasteiger partial charge in [0.05, 0.1) is 12.4 Å². The van der Waals surface area contributed by atoms with Crippen molar-refractivity contribution in [2.75, 3.05) is 11.9 Å². The zero-order chi connectivity index (χ0) is 16.8. The summed E-state index contributed by atoms with van der Waals surface area (Å²) in [6.07, 6.45) is 8.83. The molecule has 134 valence electrons. The van der Waals surface area contributed by atoms with Crippen molar-refractivity contribution in [3.05, 3.63) is 53.1 Å². The van der Waals surface area contributed by atoms with E-state index in [0.717, 1.165) is 25.1 Å². The number of hydrogen-bond donors (Lipinski definition) is 2. The number of piperidine rings is 1. The molecule has 1 atom stereocenters. The van der Waals surface area contributed by atoms with Crippen LogP contribution in [-0.4, -0.2) is 28.5 Å². The molecule has 1 aromatic carbocycles. The fourth-order valence-corrected chi connectivity index (χ4v) is 2.99. The summed E-state index contributed by atoms with van der Waals surface area (Å²) in [5, 5.41) is 6.65. The standard InChI is InChI=1S/C18H21ClN4O.ClH/c19-17-12-21-16(11-22-17)18(24)23-15-8-5-13(6-9-15)4-7-14-3-1-2-10-20-14;/h5-6,8-9,11-12,14,20H,1-4,7,10H2,(H,23,24);1H. The predicted molar refractivity (Wildman–Crippen MR) is 103 cm³/mol. The van der Waals surface area contributed by atoms with Crippen LogP contribution in [0.2, 0.25) is 5.15 Å². The number of carbonyl (C=O) groups is 1. The van der Waals surface area contributed by atoms with Gasteiger partial charge >= 0.3 is 0 Å². The zero-order valence-electron chi connectivity index (χ0n) is 13.9. The molecule has 0 saturated carbocycles. The third kappa shape index (κ3) is 5.96. The van der Waals surface area contributed by atoms with Crippen molar-refractivity contribution in [1.82, 2.24) is 15.3 Å². The summed E-state index contributed by atoms with van der Waals surface area (Å²) in [4.78, 5) is 19.9. The Hall–Kier alpha value is -1.69. The lowest BCUT2D eigenvalue weighted by Crippen LogP contribution is -2.34. The van der Waals surface area contributed by atoms with E-state index in [1.165, 1.54) is 37.2 Å². The zero-order valence-corrected chi connectivity index (χ0v) is 15.4. The molecule has 1 aliphatic rings. The highest BCUT2D eigenvalue weighted by atomic mass is 35.5. The van der Waals surface area contributed by atoms with Crippen LogP contribution in [0.5, 0.6) is 0 Å². The molecule has 2 aromatic rings. The maximum absolute atomic E-state index is 12.1. The summed E-state index contributed by atoms with van der Waals surface area (Å²) in [6.45, 7) is 1.14. The maximum Gasteiger partial charge on any atom is 0.275 e. The summed E-state index contributed by atoms with van der Waals surface area (Å²) < 4.78 is 0. The molecular weight excluding hydrogens is 359 g/mol. The lowest BCUT2D eigenvalue weighted by atomic mass is 9.98. The van der Waals surface area contributed by atoms with Gasteiger partial charge in [-0.25, -0.2) is 9.97 Å². The largest absolute Gasteiger partial charge is 0.321 e. The van der Waals surface area contributed by atoms with Crippen LogP contribution < -0.4 is 10.6 Å². The van der Waals surface area contributed by atoms with Crippen LogP contribution in [0.3, 0.4) is 0 Å². The molecule has 0 aliphatic carbocycles. The van der Waals surface area contributed by atoms with E-state index >= 15 is 0 Å². The molecule has 1 aliphatic heterocycles. The number of rotatable bonds is 5. The highest BCUT2D eigenvalue weighted by Crippen LogP contribution is 2.16. The Labute approximate surface area is 159 Å². The SMILES string of the molecule is Cl.O=C(Nc1ccc(CCC2CCCCN2)cc1)c1cnc(Cl)cn1. The van der Waals surface area contributed by atoms with Crippen LogP contribution in [0.1, 0.15) is 41.7 Å². The van der Waals surface area contributed by atoms with Crippen molar-refractivity contribution in [3.8, 4) is 0 Å². The molecule has 2 N–H and O–H groups in total. The molecule has 7 heteroatoms. The highest BCUT2D eigenvalue weighted by molar-refractivity contribution is 6.29. The van der Waals surface area contributed by atoms with Gasteiger partial charge in [0.15, 0.2) is 0 Å². The Balaban J connectivity index is 0.00000225. The van der Waals surface area contributed by atoms with Gasteiger partial charge in [0.2, 0.25) is 0 Å². The van der Waals surface area contributed by atoms with Crippen molar-refractivity contribution < 1.29 is 4.79 Å². The Morgan fingerprint density at radius 2 is 2.00 bits per heavy atom. The van der Waals surface area contributed by atoms with Gasteiger partial charge in [-0.15, -0.1) is 12.4 Å². The lowest BCUT2D eigenvalue weighted by Gasteiger charge is -2.23. The van der Waals surface area contributed by atoms with Gasteiger partial charge in [-0.1, -0.05) is 30.2 Å². The quantitative estimate of drug-likeness (QED) is 0.825. The number of carbonyl (C=O) groups excluding carboxylic acids is 1. The van der Waals surface area contributed by atoms with E-state index in [1.54, 1.807) is 0 Å². The Morgan fingerprint density at radius 3 is 2.64 bits per heavy atom. The van der Waals surface area contributed by atoms with E-state index in [2.05, 4.69) is 32.7 Å². The van der Waals surface area contributed by atoms with Crippen molar-refractivity contribution >= 4 is 35.6 Å².